The van der Waals surface area contributed by atoms with Gasteiger partial charge >= 0.3 is 0 Å². The molecule has 4 rings (SSSR count). The van der Waals surface area contributed by atoms with Gasteiger partial charge < -0.3 is 10.1 Å². The fourth-order valence-electron chi connectivity index (χ4n) is 2.63. The van der Waals surface area contributed by atoms with Crippen LogP contribution in [0.25, 0.3) is 11.3 Å². The predicted molar refractivity (Wildman–Crippen MR) is 99.6 cm³/mol. The van der Waals surface area contributed by atoms with E-state index in [-0.39, 0.29) is 5.82 Å². The Hall–Kier alpha value is -2.93. The largest absolute Gasteiger partial charge is 0.448 e. The molecular formula is C19H15FN4OS. The first-order valence-corrected chi connectivity index (χ1v) is 8.99. The summed E-state index contributed by atoms with van der Waals surface area (Å²) in [4.78, 5) is 4.51. The van der Waals surface area contributed by atoms with Gasteiger partial charge in [-0.05, 0) is 18.2 Å². The van der Waals surface area contributed by atoms with Crippen LogP contribution in [0.4, 0.5) is 10.1 Å². The van der Waals surface area contributed by atoms with E-state index >= 15 is 0 Å². The Balaban J connectivity index is 1.79. The van der Waals surface area contributed by atoms with Crippen molar-refractivity contribution in [2.24, 2.45) is 0 Å². The van der Waals surface area contributed by atoms with Crippen molar-refractivity contribution >= 4 is 17.4 Å². The van der Waals surface area contributed by atoms with E-state index in [0.717, 1.165) is 16.8 Å². The summed E-state index contributed by atoms with van der Waals surface area (Å²) in [5.41, 5.74) is 3.06. The zero-order chi connectivity index (χ0) is 17.9. The third-order valence-corrected chi connectivity index (χ3v) is 4.67. The molecule has 5 nitrogen and oxygen atoms in total. The van der Waals surface area contributed by atoms with Gasteiger partial charge in [0.15, 0.2) is 11.9 Å². The SMILES string of the molecule is C=CCSc1nnc2c(n1)O[C@@H](c1ccc(F)cc1)Nc1ccccc1-2. The summed E-state index contributed by atoms with van der Waals surface area (Å²) >= 11 is 1.43. The molecule has 1 aliphatic rings. The molecule has 1 atom stereocenters. The molecule has 3 aromatic rings. The van der Waals surface area contributed by atoms with Crippen molar-refractivity contribution in [3.05, 3.63) is 72.6 Å². The molecule has 7 heteroatoms. The van der Waals surface area contributed by atoms with Crippen LogP contribution in [0, 0.1) is 5.82 Å². The highest BCUT2D eigenvalue weighted by molar-refractivity contribution is 7.99. The molecule has 26 heavy (non-hydrogen) atoms. The summed E-state index contributed by atoms with van der Waals surface area (Å²) in [5, 5.41) is 12.3. The van der Waals surface area contributed by atoms with Crippen LogP contribution in [0.15, 0.2) is 66.3 Å². The molecule has 2 aromatic carbocycles. The highest BCUT2D eigenvalue weighted by atomic mass is 32.2. The second kappa shape index (κ2) is 7.13. The number of hydrogen-bond donors (Lipinski definition) is 1. The van der Waals surface area contributed by atoms with Gasteiger partial charge in [-0.3, -0.25) is 0 Å². The van der Waals surface area contributed by atoms with Gasteiger partial charge in [0.25, 0.3) is 0 Å². The van der Waals surface area contributed by atoms with Crippen LogP contribution < -0.4 is 10.1 Å². The molecule has 0 bridgehead atoms. The second-order valence-electron chi connectivity index (χ2n) is 5.59. The average molecular weight is 366 g/mol. The van der Waals surface area contributed by atoms with E-state index in [9.17, 15) is 4.39 Å². The molecule has 0 fully saturated rings. The Morgan fingerprint density at radius 3 is 2.77 bits per heavy atom. The van der Waals surface area contributed by atoms with Crippen LogP contribution in [0.3, 0.4) is 0 Å². The minimum absolute atomic E-state index is 0.296. The number of hydrogen-bond acceptors (Lipinski definition) is 6. The maximum absolute atomic E-state index is 13.3. The van der Waals surface area contributed by atoms with Crippen molar-refractivity contribution in [3.63, 3.8) is 0 Å². The van der Waals surface area contributed by atoms with Crippen molar-refractivity contribution in [1.29, 1.82) is 0 Å². The topological polar surface area (TPSA) is 59.9 Å². The number of nitrogens with zero attached hydrogens (tertiary/aromatic N) is 3. The van der Waals surface area contributed by atoms with Gasteiger partial charge in [0.05, 0.1) is 0 Å². The number of halogens is 1. The Morgan fingerprint density at radius 1 is 1.15 bits per heavy atom. The quantitative estimate of drug-likeness (QED) is 0.543. The molecule has 0 saturated heterocycles. The number of nitrogens with one attached hydrogen (secondary N) is 1. The minimum Gasteiger partial charge on any atom is -0.448 e. The van der Waals surface area contributed by atoms with Crippen LogP contribution in [0.2, 0.25) is 0 Å². The van der Waals surface area contributed by atoms with Crippen LogP contribution in [-0.2, 0) is 0 Å². The number of rotatable bonds is 4. The third kappa shape index (κ3) is 3.25. The first-order chi connectivity index (χ1) is 12.7. The highest BCUT2D eigenvalue weighted by Gasteiger charge is 2.25. The van der Waals surface area contributed by atoms with Gasteiger partial charge in [0, 0.05) is 22.6 Å². The number of aromatic nitrogens is 3. The summed E-state index contributed by atoms with van der Waals surface area (Å²) in [7, 11) is 0. The Labute approximate surface area is 154 Å². The fraction of sp³-hybridized carbons (Fsp3) is 0.105. The monoisotopic (exact) mass is 366 g/mol. The van der Waals surface area contributed by atoms with Gasteiger partial charge in [-0.25, -0.2) is 4.39 Å². The number of benzene rings is 2. The highest BCUT2D eigenvalue weighted by Crippen LogP contribution is 2.39. The first-order valence-electron chi connectivity index (χ1n) is 8.01. The van der Waals surface area contributed by atoms with E-state index < -0.39 is 6.23 Å². The smallest absolute Gasteiger partial charge is 0.247 e. The molecule has 2 heterocycles. The molecule has 1 aromatic heterocycles. The molecular weight excluding hydrogens is 351 g/mol. The van der Waals surface area contributed by atoms with Crippen molar-refractivity contribution < 1.29 is 9.13 Å². The summed E-state index contributed by atoms with van der Waals surface area (Å²) in [6.45, 7) is 3.70. The lowest BCUT2D eigenvalue weighted by atomic mass is 10.1. The van der Waals surface area contributed by atoms with Crippen LogP contribution in [-0.4, -0.2) is 20.9 Å². The standard InChI is InChI=1S/C19H15FN4OS/c1-2-11-26-19-22-18-16(23-24-19)14-5-3-4-6-15(14)21-17(25-18)12-7-9-13(20)10-8-12/h2-10,17,21H,1,11H2/t17-/m0/s1. The normalized spacial score (nSPS) is 15.0. The van der Waals surface area contributed by atoms with Crippen molar-refractivity contribution in [2.45, 2.75) is 11.4 Å². The lowest BCUT2D eigenvalue weighted by molar-refractivity contribution is 0.225. The second-order valence-corrected chi connectivity index (χ2v) is 6.57. The summed E-state index contributed by atoms with van der Waals surface area (Å²) in [6.07, 6.45) is 1.26. The molecule has 0 amide bonds. The Kier molecular flexibility index (Phi) is 4.53. The minimum atomic E-state index is -0.521. The summed E-state index contributed by atoms with van der Waals surface area (Å²) < 4.78 is 19.4. The lowest BCUT2D eigenvalue weighted by Crippen LogP contribution is -2.17. The van der Waals surface area contributed by atoms with Crippen molar-refractivity contribution in [2.75, 3.05) is 11.1 Å². The number of anilines is 1. The first kappa shape index (κ1) is 16.5. The molecule has 1 N–H and O–H groups in total. The van der Waals surface area contributed by atoms with E-state index in [0.29, 0.717) is 22.5 Å². The number of para-hydroxylation sites is 1. The van der Waals surface area contributed by atoms with E-state index in [1.54, 1.807) is 18.2 Å². The van der Waals surface area contributed by atoms with Gasteiger partial charge in [0.2, 0.25) is 11.0 Å². The van der Waals surface area contributed by atoms with E-state index in [1.165, 1.54) is 23.9 Å². The summed E-state index contributed by atoms with van der Waals surface area (Å²) in [5.74, 6) is 0.769. The average Bonchev–Trinajstić information content (AvgIpc) is 2.83. The maximum Gasteiger partial charge on any atom is 0.247 e. The third-order valence-electron chi connectivity index (χ3n) is 3.84. The molecule has 130 valence electrons. The zero-order valence-electron chi connectivity index (χ0n) is 13.7. The molecule has 0 saturated carbocycles. The molecule has 0 unspecified atom stereocenters. The fourth-order valence-corrected chi connectivity index (χ4v) is 3.14. The molecule has 0 radical (unpaired) electrons. The van der Waals surface area contributed by atoms with E-state index in [2.05, 4.69) is 27.1 Å². The lowest BCUT2D eigenvalue weighted by Gasteiger charge is -2.19. The number of thioether (sulfide) groups is 1. The van der Waals surface area contributed by atoms with Crippen LogP contribution in [0.1, 0.15) is 11.8 Å². The molecule has 0 spiro atoms. The van der Waals surface area contributed by atoms with E-state index in [4.69, 9.17) is 4.74 Å². The maximum atomic E-state index is 13.3. The molecule has 0 aliphatic carbocycles. The van der Waals surface area contributed by atoms with Gasteiger partial charge in [0.1, 0.15) is 5.82 Å². The van der Waals surface area contributed by atoms with Gasteiger partial charge in [-0.1, -0.05) is 48.2 Å². The van der Waals surface area contributed by atoms with Gasteiger partial charge in [-0.15, -0.1) is 16.8 Å². The van der Waals surface area contributed by atoms with Gasteiger partial charge in [-0.2, -0.15) is 4.98 Å². The predicted octanol–water partition coefficient (Wildman–Crippen LogP) is 4.46. The van der Waals surface area contributed by atoms with Crippen molar-refractivity contribution in [3.8, 4) is 17.1 Å². The number of fused-ring (bicyclic) bond motifs is 3. The summed E-state index contributed by atoms with van der Waals surface area (Å²) in [6, 6.07) is 13.9. The Morgan fingerprint density at radius 2 is 1.96 bits per heavy atom. The van der Waals surface area contributed by atoms with Crippen LogP contribution >= 0.6 is 11.8 Å². The Bertz CT molecular complexity index is 949. The van der Waals surface area contributed by atoms with Crippen molar-refractivity contribution in [1.82, 2.24) is 15.2 Å². The molecule has 1 aliphatic heterocycles. The van der Waals surface area contributed by atoms with Crippen LogP contribution in [0.5, 0.6) is 5.88 Å². The van der Waals surface area contributed by atoms with E-state index in [1.807, 2.05) is 24.3 Å². The zero-order valence-corrected chi connectivity index (χ0v) is 14.5. The number of ether oxygens (including phenoxy) is 1.